The second-order valence-electron chi connectivity index (χ2n) is 1.82. The molecule has 8 heteroatoms. The second kappa shape index (κ2) is 3.59. The summed E-state index contributed by atoms with van der Waals surface area (Å²) in [4.78, 5) is 0. The van der Waals surface area contributed by atoms with E-state index in [4.69, 9.17) is 0 Å². The van der Waals surface area contributed by atoms with Gasteiger partial charge in [-0.15, -0.1) is 20.4 Å². The van der Waals surface area contributed by atoms with Crippen LogP contribution in [0.15, 0.2) is 9.85 Å². The van der Waals surface area contributed by atoms with Crippen LogP contribution in [0.2, 0.25) is 0 Å². The molecule has 0 aliphatic rings. The van der Waals surface area contributed by atoms with Crippen LogP contribution in [0, 0.1) is 0 Å². The van der Waals surface area contributed by atoms with Crippen molar-refractivity contribution in [3.63, 3.8) is 0 Å². The molecule has 0 unspecified atom stereocenters. The van der Waals surface area contributed by atoms with Crippen LogP contribution < -0.4 is 0 Å². The Labute approximate surface area is 75.8 Å². The highest BCUT2D eigenvalue weighted by Crippen LogP contribution is 2.21. The predicted molar refractivity (Wildman–Crippen MR) is 43.6 cm³/mol. The molecule has 0 spiro atoms. The molecular formula is C4H4N6S2. The molecule has 2 aromatic heterocycles. The van der Waals surface area contributed by atoms with Crippen molar-refractivity contribution in [3.05, 3.63) is 11.3 Å². The second-order valence-corrected chi connectivity index (χ2v) is 3.88. The number of aromatic amines is 1. The molecule has 0 aromatic carbocycles. The van der Waals surface area contributed by atoms with E-state index in [1.165, 1.54) is 11.3 Å². The number of rotatable bonds is 3. The van der Waals surface area contributed by atoms with Gasteiger partial charge in [0.2, 0.25) is 0 Å². The normalized spacial score (nSPS) is 10.3. The molecule has 0 amide bonds. The first kappa shape index (κ1) is 7.62. The Morgan fingerprint density at radius 3 is 3.17 bits per heavy atom. The summed E-state index contributed by atoms with van der Waals surface area (Å²) in [5.41, 5.74) is 1.69. The van der Waals surface area contributed by atoms with Gasteiger partial charge in [-0.05, 0) is 0 Å². The molecule has 0 aliphatic heterocycles. The van der Waals surface area contributed by atoms with Crippen LogP contribution in [0.3, 0.4) is 0 Å². The molecule has 0 fully saturated rings. The topological polar surface area (TPSA) is 80.2 Å². The summed E-state index contributed by atoms with van der Waals surface area (Å²) < 4.78 is 0.916. The van der Waals surface area contributed by atoms with Gasteiger partial charge >= 0.3 is 0 Å². The standard InChI is InChI=1S/C4H4N6S2/c1(3-6-9-10-7-3)11-4-8-5-2-12-4/h2H,1H2,(H,6,7,9,10). The summed E-state index contributed by atoms with van der Waals surface area (Å²) in [5.74, 6) is 1.35. The molecule has 2 aromatic rings. The lowest BCUT2D eigenvalue weighted by Crippen LogP contribution is -1.83. The van der Waals surface area contributed by atoms with E-state index in [2.05, 4.69) is 30.8 Å². The number of H-pyrrole nitrogens is 1. The lowest BCUT2D eigenvalue weighted by molar-refractivity contribution is 0.881. The Morgan fingerprint density at radius 2 is 2.50 bits per heavy atom. The summed E-state index contributed by atoms with van der Waals surface area (Å²) in [6, 6.07) is 0. The highest BCUT2D eigenvalue weighted by atomic mass is 32.2. The molecule has 2 heterocycles. The third-order valence-electron chi connectivity index (χ3n) is 1.05. The number of tetrazole rings is 1. The van der Waals surface area contributed by atoms with Gasteiger partial charge in [-0.2, -0.15) is 5.21 Å². The van der Waals surface area contributed by atoms with Gasteiger partial charge in [0.1, 0.15) is 5.51 Å². The van der Waals surface area contributed by atoms with E-state index in [9.17, 15) is 0 Å². The van der Waals surface area contributed by atoms with Crippen LogP contribution in [-0.2, 0) is 5.75 Å². The molecule has 12 heavy (non-hydrogen) atoms. The lowest BCUT2D eigenvalue weighted by Gasteiger charge is -1.87. The van der Waals surface area contributed by atoms with Gasteiger partial charge in [0.15, 0.2) is 10.2 Å². The van der Waals surface area contributed by atoms with Crippen molar-refractivity contribution in [1.82, 2.24) is 30.8 Å². The van der Waals surface area contributed by atoms with E-state index in [1.54, 1.807) is 17.3 Å². The third-order valence-corrected chi connectivity index (χ3v) is 2.91. The number of thioether (sulfide) groups is 1. The molecule has 62 valence electrons. The van der Waals surface area contributed by atoms with Crippen molar-refractivity contribution in [1.29, 1.82) is 0 Å². The van der Waals surface area contributed by atoms with E-state index in [0.29, 0.717) is 11.6 Å². The number of aromatic nitrogens is 6. The molecule has 6 nitrogen and oxygen atoms in total. The smallest absolute Gasteiger partial charge is 0.177 e. The first-order chi connectivity index (χ1) is 5.95. The minimum absolute atomic E-state index is 0.672. The average molecular weight is 200 g/mol. The molecule has 2 rings (SSSR count). The Bertz CT molecular complexity index is 281. The van der Waals surface area contributed by atoms with Gasteiger partial charge in [-0.25, -0.2) is 0 Å². The van der Waals surface area contributed by atoms with Crippen LogP contribution in [0.4, 0.5) is 0 Å². The van der Waals surface area contributed by atoms with Crippen LogP contribution >= 0.6 is 23.1 Å². The van der Waals surface area contributed by atoms with E-state index in [1.807, 2.05) is 0 Å². The maximum atomic E-state index is 3.86. The fourth-order valence-electron chi connectivity index (χ4n) is 0.596. The van der Waals surface area contributed by atoms with Crippen LogP contribution in [0.5, 0.6) is 0 Å². The van der Waals surface area contributed by atoms with Crippen molar-refractivity contribution >= 4 is 23.1 Å². The van der Waals surface area contributed by atoms with Crippen molar-refractivity contribution in [2.24, 2.45) is 0 Å². The van der Waals surface area contributed by atoms with E-state index >= 15 is 0 Å². The van der Waals surface area contributed by atoms with Crippen LogP contribution in [0.1, 0.15) is 5.82 Å². The Morgan fingerprint density at radius 1 is 1.50 bits per heavy atom. The quantitative estimate of drug-likeness (QED) is 0.720. The fraction of sp³-hybridized carbons (Fsp3) is 0.250. The summed E-state index contributed by atoms with van der Waals surface area (Å²) >= 11 is 3.04. The highest BCUT2D eigenvalue weighted by molar-refractivity contribution is 8.00. The van der Waals surface area contributed by atoms with Gasteiger partial charge in [-0.3, -0.25) is 0 Å². The Balaban J connectivity index is 1.91. The van der Waals surface area contributed by atoms with Gasteiger partial charge in [0.25, 0.3) is 0 Å². The molecule has 0 aliphatic carbocycles. The molecule has 0 radical (unpaired) electrons. The monoisotopic (exact) mass is 200 g/mol. The van der Waals surface area contributed by atoms with Gasteiger partial charge in [0.05, 0.1) is 5.75 Å². The number of nitrogens with zero attached hydrogens (tertiary/aromatic N) is 5. The number of nitrogens with one attached hydrogen (secondary N) is 1. The number of hydrogen-bond acceptors (Lipinski definition) is 7. The van der Waals surface area contributed by atoms with Crippen molar-refractivity contribution in [3.8, 4) is 0 Å². The third kappa shape index (κ3) is 1.77. The van der Waals surface area contributed by atoms with Gasteiger partial charge in [-0.1, -0.05) is 28.3 Å². The minimum Gasteiger partial charge on any atom is -0.177 e. The SMILES string of the molecule is c1nnc(SCc2nn[nH]n2)s1. The maximum Gasteiger partial charge on any atom is 0.184 e. The van der Waals surface area contributed by atoms with Crippen LogP contribution in [0.25, 0.3) is 0 Å². The van der Waals surface area contributed by atoms with Gasteiger partial charge in [0, 0.05) is 0 Å². The van der Waals surface area contributed by atoms with E-state index in [-0.39, 0.29) is 0 Å². The summed E-state index contributed by atoms with van der Waals surface area (Å²) in [7, 11) is 0. The molecule has 0 bridgehead atoms. The zero-order chi connectivity index (χ0) is 8.23. The Kier molecular flexibility index (Phi) is 2.28. The minimum atomic E-state index is 0.672. The van der Waals surface area contributed by atoms with Crippen molar-refractivity contribution in [2.45, 2.75) is 10.1 Å². The summed E-state index contributed by atoms with van der Waals surface area (Å²) in [6.07, 6.45) is 0. The zero-order valence-corrected chi connectivity index (χ0v) is 7.47. The first-order valence-electron chi connectivity index (χ1n) is 3.06. The van der Waals surface area contributed by atoms with Crippen LogP contribution in [-0.4, -0.2) is 30.8 Å². The van der Waals surface area contributed by atoms with Crippen molar-refractivity contribution < 1.29 is 0 Å². The average Bonchev–Trinajstić information content (AvgIpc) is 2.74. The van der Waals surface area contributed by atoms with Gasteiger partial charge < -0.3 is 0 Å². The first-order valence-corrected chi connectivity index (χ1v) is 4.93. The zero-order valence-electron chi connectivity index (χ0n) is 5.84. The fourth-order valence-corrected chi connectivity index (χ4v) is 1.93. The molecule has 0 atom stereocenters. The van der Waals surface area contributed by atoms with E-state index < -0.39 is 0 Å². The maximum absolute atomic E-state index is 3.86. The van der Waals surface area contributed by atoms with Crippen molar-refractivity contribution in [2.75, 3.05) is 0 Å². The van der Waals surface area contributed by atoms with E-state index in [0.717, 1.165) is 4.34 Å². The lowest BCUT2D eigenvalue weighted by atomic mass is 10.8. The largest absolute Gasteiger partial charge is 0.184 e. The highest BCUT2D eigenvalue weighted by Gasteiger charge is 2.01. The predicted octanol–water partition coefficient (Wildman–Crippen LogP) is 0.343. The molecule has 0 saturated carbocycles. The molecule has 0 saturated heterocycles. The Hall–Kier alpha value is -1.02. The summed E-state index contributed by atoms with van der Waals surface area (Å²) in [6.45, 7) is 0. The number of hydrogen-bond donors (Lipinski definition) is 1. The summed E-state index contributed by atoms with van der Waals surface area (Å²) in [5, 5.41) is 21.0. The molecular weight excluding hydrogens is 196 g/mol. The molecule has 1 N–H and O–H groups in total.